The van der Waals surface area contributed by atoms with Crippen LogP contribution in [0.4, 0.5) is 10.5 Å². The van der Waals surface area contributed by atoms with Gasteiger partial charge in [0.25, 0.3) is 0 Å². The average Bonchev–Trinajstić information content (AvgIpc) is 2.62. The summed E-state index contributed by atoms with van der Waals surface area (Å²) in [5.41, 5.74) is 4.14. The standard InChI is InChI=1S/C22H24N4O/c1-15(12-18(23)14-17-8-4-3-5-9-17)25-22(27)26-21-13-16(2)24-20-11-7-6-10-19(20)21/h3-11,13,15,23H,12,14H2,1-2H3,(H2,24,25,26,27)/t15-/m0/s1. The fraction of sp³-hybridized carbons (Fsp3) is 0.227. The predicted molar refractivity (Wildman–Crippen MR) is 111 cm³/mol. The number of anilines is 1. The summed E-state index contributed by atoms with van der Waals surface area (Å²) >= 11 is 0. The molecule has 0 fully saturated rings. The highest BCUT2D eigenvalue weighted by Gasteiger charge is 2.12. The number of pyridine rings is 1. The molecule has 0 radical (unpaired) electrons. The molecule has 0 bridgehead atoms. The minimum atomic E-state index is -0.272. The van der Waals surface area contributed by atoms with Gasteiger partial charge >= 0.3 is 6.03 Å². The van der Waals surface area contributed by atoms with Crippen molar-refractivity contribution in [3.63, 3.8) is 0 Å². The number of rotatable bonds is 6. The molecule has 0 aliphatic carbocycles. The zero-order valence-electron chi connectivity index (χ0n) is 15.6. The Hall–Kier alpha value is -3.21. The van der Waals surface area contributed by atoms with E-state index in [1.807, 2.05) is 74.5 Å². The van der Waals surface area contributed by atoms with Crippen LogP contribution < -0.4 is 10.6 Å². The van der Waals surface area contributed by atoms with Crippen LogP contribution in [0.5, 0.6) is 0 Å². The molecule has 3 N–H and O–H groups in total. The molecule has 0 aliphatic rings. The van der Waals surface area contributed by atoms with E-state index in [1.54, 1.807) is 0 Å². The molecular weight excluding hydrogens is 336 g/mol. The van der Waals surface area contributed by atoms with E-state index in [0.717, 1.165) is 27.8 Å². The summed E-state index contributed by atoms with van der Waals surface area (Å²) in [6.07, 6.45) is 1.11. The van der Waals surface area contributed by atoms with Crippen molar-refractivity contribution in [2.75, 3.05) is 5.32 Å². The molecule has 1 aromatic heterocycles. The van der Waals surface area contributed by atoms with Gasteiger partial charge in [0.2, 0.25) is 0 Å². The molecule has 0 unspecified atom stereocenters. The normalized spacial score (nSPS) is 11.8. The van der Waals surface area contributed by atoms with Crippen molar-refractivity contribution in [2.24, 2.45) is 0 Å². The molecule has 1 atom stereocenters. The third-order valence-corrected chi connectivity index (χ3v) is 4.28. The van der Waals surface area contributed by atoms with E-state index in [0.29, 0.717) is 18.6 Å². The van der Waals surface area contributed by atoms with Gasteiger partial charge in [-0.3, -0.25) is 4.98 Å². The Morgan fingerprint density at radius 3 is 2.59 bits per heavy atom. The molecule has 2 aromatic carbocycles. The Kier molecular flexibility index (Phi) is 5.81. The van der Waals surface area contributed by atoms with Gasteiger partial charge in [-0.15, -0.1) is 0 Å². The lowest BCUT2D eigenvalue weighted by Crippen LogP contribution is -2.37. The average molecular weight is 360 g/mol. The summed E-state index contributed by atoms with van der Waals surface area (Å²) < 4.78 is 0. The fourth-order valence-corrected chi connectivity index (χ4v) is 3.13. The second kappa shape index (κ2) is 8.45. The van der Waals surface area contributed by atoms with Crippen molar-refractivity contribution in [3.05, 3.63) is 71.9 Å². The summed E-state index contributed by atoms with van der Waals surface area (Å²) in [4.78, 5) is 16.9. The number of aromatic nitrogens is 1. The Balaban J connectivity index is 1.58. The second-order valence-electron chi connectivity index (χ2n) is 6.80. The van der Waals surface area contributed by atoms with E-state index < -0.39 is 0 Å². The van der Waals surface area contributed by atoms with Gasteiger partial charge in [0, 0.05) is 35.7 Å². The number of nitrogens with one attached hydrogen (secondary N) is 3. The number of nitrogens with zero attached hydrogens (tertiary/aromatic N) is 1. The summed E-state index contributed by atoms with van der Waals surface area (Å²) in [5.74, 6) is 0. The number of fused-ring (bicyclic) bond motifs is 1. The SMILES string of the molecule is Cc1cc(NC(=O)N[C@@H](C)CC(=N)Cc2ccccc2)c2ccccc2n1. The number of aryl methyl sites for hydroxylation is 1. The zero-order valence-corrected chi connectivity index (χ0v) is 15.6. The molecule has 2 amide bonds. The van der Waals surface area contributed by atoms with E-state index in [9.17, 15) is 4.79 Å². The lowest BCUT2D eigenvalue weighted by molar-refractivity contribution is 0.249. The lowest BCUT2D eigenvalue weighted by atomic mass is 10.0. The first kappa shape index (κ1) is 18.6. The number of carbonyl (C=O) groups excluding carboxylic acids is 1. The summed E-state index contributed by atoms with van der Waals surface area (Å²) in [5, 5.41) is 14.9. The minimum Gasteiger partial charge on any atom is -0.335 e. The van der Waals surface area contributed by atoms with Gasteiger partial charge in [-0.2, -0.15) is 0 Å². The van der Waals surface area contributed by atoms with Crippen LogP contribution in [0.15, 0.2) is 60.7 Å². The van der Waals surface area contributed by atoms with E-state index in [2.05, 4.69) is 15.6 Å². The molecule has 3 rings (SSSR count). The van der Waals surface area contributed by atoms with Gasteiger partial charge in [-0.25, -0.2) is 4.79 Å². The van der Waals surface area contributed by atoms with Crippen LogP contribution in [0.3, 0.4) is 0 Å². The Bertz CT molecular complexity index is 953. The van der Waals surface area contributed by atoms with Crippen LogP contribution in [-0.2, 0) is 6.42 Å². The maximum absolute atomic E-state index is 12.4. The van der Waals surface area contributed by atoms with Gasteiger partial charge in [0.15, 0.2) is 0 Å². The van der Waals surface area contributed by atoms with Gasteiger partial charge in [0.05, 0.1) is 11.2 Å². The van der Waals surface area contributed by atoms with Crippen LogP contribution >= 0.6 is 0 Å². The highest BCUT2D eigenvalue weighted by atomic mass is 16.2. The van der Waals surface area contributed by atoms with Crippen LogP contribution in [0.2, 0.25) is 0 Å². The van der Waals surface area contributed by atoms with Gasteiger partial charge < -0.3 is 16.0 Å². The van der Waals surface area contributed by atoms with Crippen molar-refractivity contribution in [1.82, 2.24) is 10.3 Å². The van der Waals surface area contributed by atoms with E-state index in [1.165, 1.54) is 0 Å². The number of para-hydroxylation sites is 1. The fourth-order valence-electron chi connectivity index (χ4n) is 3.13. The van der Waals surface area contributed by atoms with Crippen molar-refractivity contribution in [2.45, 2.75) is 32.7 Å². The molecule has 138 valence electrons. The third kappa shape index (κ3) is 5.14. The highest BCUT2D eigenvalue weighted by Crippen LogP contribution is 2.22. The molecule has 0 spiro atoms. The molecule has 5 nitrogen and oxygen atoms in total. The topological polar surface area (TPSA) is 77.9 Å². The number of amides is 2. The van der Waals surface area contributed by atoms with E-state index in [4.69, 9.17) is 5.41 Å². The van der Waals surface area contributed by atoms with Gasteiger partial charge in [-0.1, -0.05) is 48.5 Å². The summed E-state index contributed by atoms with van der Waals surface area (Å²) in [6, 6.07) is 19.1. The van der Waals surface area contributed by atoms with Crippen LogP contribution in [0, 0.1) is 12.3 Å². The summed E-state index contributed by atoms with van der Waals surface area (Å²) in [6.45, 7) is 3.82. The minimum absolute atomic E-state index is 0.129. The maximum Gasteiger partial charge on any atom is 0.319 e. The molecular formula is C22H24N4O. The molecule has 5 heteroatoms. The largest absolute Gasteiger partial charge is 0.335 e. The van der Waals surface area contributed by atoms with Crippen molar-refractivity contribution >= 4 is 28.3 Å². The van der Waals surface area contributed by atoms with Gasteiger partial charge in [0.1, 0.15) is 0 Å². The second-order valence-corrected chi connectivity index (χ2v) is 6.80. The van der Waals surface area contributed by atoms with Crippen molar-refractivity contribution < 1.29 is 4.79 Å². The number of carbonyl (C=O) groups is 1. The molecule has 0 aliphatic heterocycles. The Labute approximate surface area is 159 Å². The molecule has 0 saturated heterocycles. The monoisotopic (exact) mass is 360 g/mol. The number of benzene rings is 2. The molecule has 1 heterocycles. The number of hydrogen-bond acceptors (Lipinski definition) is 3. The zero-order chi connectivity index (χ0) is 19.2. The maximum atomic E-state index is 12.4. The highest BCUT2D eigenvalue weighted by molar-refractivity contribution is 6.00. The van der Waals surface area contributed by atoms with Gasteiger partial charge in [-0.05, 0) is 31.5 Å². The van der Waals surface area contributed by atoms with E-state index in [-0.39, 0.29) is 12.1 Å². The number of urea groups is 1. The first-order valence-corrected chi connectivity index (χ1v) is 9.05. The number of hydrogen-bond donors (Lipinski definition) is 3. The molecule has 0 saturated carbocycles. The lowest BCUT2D eigenvalue weighted by Gasteiger charge is -2.16. The third-order valence-electron chi connectivity index (χ3n) is 4.28. The van der Waals surface area contributed by atoms with E-state index >= 15 is 0 Å². The Morgan fingerprint density at radius 2 is 1.81 bits per heavy atom. The molecule has 27 heavy (non-hydrogen) atoms. The molecule has 3 aromatic rings. The smallest absolute Gasteiger partial charge is 0.319 e. The van der Waals surface area contributed by atoms with Crippen molar-refractivity contribution in [3.8, 4) is 0 Å². The quantitative estimate of drug-likeness (QED) is 0.557. The predicted octanol–water partition coefficient (Wildman–Crippen LogP) is 4.71. The first-order chi connectivity index (χ1) is 13.0. The van der Waals surface area contributed by atoms with Crippen LogP contribution in [0.1, 0.15) is 24.6 Å². The first-order valence-electron chi connectivity index (χ1n) is 9.05. The van der Waals surface area contributed by atoms with Crippen molar-refractivity contribution in [1.29, 1.82) is 5.41 Å². The Morgan fingerprint density at radius 1 is 1.11 bits per heavy atom. The summed E-state index contributed by atoms with van der Waals surface area (Å²) in [7, 11) is 0. The van der Waals surface area contributed by atoms with Crippen LogP contribution in [-0.4, -0.2) is 22.8 Å². The van der Waals surface area contributed by atoms with Crippen LogP contribution in [0.25, 0.3) is 10.9 Å².